The fraction of sp³-hybridized carbons (Fsp3) is 0.167. The molecule has 0 saturated heterocycles. The van der Waals surface area contributed by atoms with E-state index >= 15 is 0 Å². The van der Waals surface area contributed by atoms with Crippen LogP contribution in [-0.2, 0) is 0 Å². The van der Waals surface area contributed by atoms with Gasteiger partial charge in [-0.05, 0) is 6.07 Å². The van der Waals surface area contributed by atoms with Crippen LogP contribution < -0.4 is 21.9 Å². The van der Waals surface area contributed by atoms with Gasteiger partial charge in [0.2, 0.25) is 0 Å². The number of anilines is 3. The number of aromatic nitrogens is 1. The molecule has 0 aliphatic carbocycles. The van der Waals surface area contributed by atoms with Crippen molar-refractivity contribution in [3.8, 4) is 5.75 Å². The number of hydrogen-bond donors (Lipinski definition) is 3. The Bertz CT molecular complexity index is 759. The normalized spacial score (nSPS) is 10.5. The molecule has 0 atom stereocenters. The van der Waals surface area contributed by atoms with Gasteiger partial charge in [-0.15, -0.1) is 0 Å². The van der Waals surface area contributed by atoms with E-state index in [9.17, 15) is 19.5 Å². The summed E-state index contributed by atoms with van der Waals surface area (Å²) < 4.78 is 0. The van der Waals surface area contributed by atoms with Gasteiger partial charge in [-0.25, -0.2) is 4.98 Å². The van der Waals surface area contributed by atoms with Crippen LogP contribution in [0.5, 0.6) is 5.75 Å². The Morgan fingerprint density at radius 2 is 2.00 bits per heavy atom. The lowest BCUT2D eigenvalue weighted by molar-refractivity contribution is 0.0819. The number of hydrogen-bond acceptors (Lipinski definition) is 7. The van der Waals surface area contributed by atoms with Crippen LogP contribution in [0.4, 0.5) is 17.1 Å². The highest BCUT2D eigenvalue weighted by atomic mass is 16.3. The summed E-state index contributed by atoms with van der Waals surface area (Å²) in [6.45, 7) is 0. The fourth-order valence-electron chi connectivity index (χ4n) is 1.59. The molecule has 0 radical (unpaired) electrons. The predicted octanol–water partition coefficient (Wildman–Crippen LogP) is -0.589. The van der Waals surface area contributed by atoms with Gasteiger partial charge in [0.15, 0.2) is 11.4 Å². The lowest BCUT2D eigenvalue weighted by atomic mass is 10.2. The molecule has 20 heavy (non-hydrogen) atoms. The van der Waals surface area contributed by atoms with Gasteiger partial charge in [0.05, 0.1) is 5.69 Å². The van der Waals surface area contributed by atoms with E-state index in [1.807, 2.05) is 0 Å². The maximum Gasteiger partial charge on any atom is 0.275 e. The number of nitrogens with zero attached hydrogens (tertiary/aromatic N) is 2. The molecule has 1 heterocycles. The maximum absolute atomic E-state index is 11.8. The van der Waals surface area contributed by atoms with Crippen LogP contribution in [-0.4, -0.2) is 35.0 Å². The van der Waals surface area contributed by atoms with Crippen molar-refractivity contribution >= 4 is 23.0 Å². The molecule has 1 aromatic heterocycles. The Hall–Kier alpha value is -2.90. The molecule has 0 spiro atoms. The number of amides is 1. The molecule has 2 aromatic rings. The number of pyridine rings is 1. The van der Waals surface area contributed by atoms with E-state index < -0.39 is 22.5 Å². The van der Waals surface area contributed by atoms with Crippen LogP contribution >= 0.6 is 0 Å². The van der Waals surface area contributed by atoms with Gasteiger partial charge in [-0.2, -0.15) is 0 Å². The highest BCUT2D eigenvalue weighted by molar-refractivity contribution is 5.96. The minimum Gasteiger partial charge on any atom is -0.504 e. The second-order valence-corrected chi connectivity index (χ2v) is 4.33. The fourth-order valence-corrected chi connectivity index (χ4v) is 1.59. The molecule has 104 valence electrons. The zero-order valence-corrected chi connectivity index (χ0v) is 10.8. The molecule has 0 fully saturated rings. The summed E-state index contributed by atoms with van der Waals surface area (Å²) in [4.78, 5) is 39.1. The highest BCUT2D eigenvalue weighted by Crippen LogP contribution is 2.29. The second-order valence-electron chi connectivity index (χ2n) is 4.33. The number of carbonyl (C=O) groups excluding carboxylic acids is 1. The van der Waals surface area contributed by atoms with Crippen LogP contribution in [0, 0.1) is 0 Å². The SMILES string of the molecule is CN(C)C(=O)c1nccc(Nc2c(N)c(=O)c2=O)c1O. The summed E-state index contributed by atoms with van der Waals surface area (Å²) in [6, 6.07) is 1.36. The molecular formula is C12H12N4O4. The first-order valence-corrected chi connectivity index (χ1v) is 5.60. The summed E-state index contributed by atoms with van der Waals surface area (Å²) in [5.41, 5.74) is 3.44. The number of nitrogens with two attached hydrogens (primary N) is 1. The van der Waals surface area contributed by atoms with E-state index in [2.05, 4.69) is 10.3 Å². The molecule has 1 aromatic carbocycles. The van der Waals surface area contributed by atoms with Crippen LogP contribution in [0.25, 0.3) is 0 Å². The van der Waals surface area contributed by atoms with Gasteiger partial charge >= 0.3 is 0 Å². The molecule has 8 heteroatoms. The molecule has 4 N–H and O–H groups in total. The van der Waals surface area contributed by atoms with Crippen molar-refractivity contribution in [1.82, 2.24) is 9.88 Å². The molecule has 0 aliphatic rings. The molecule has 2 rings (SSSR count). The maximum atomic E-state index is 11.8. The van der Waals surface area contributed by atoms with E-state index in [0.717, 1.165) is 0 Å². The first-order chi connectivity index (χ1) is 9.34. The van der Waals surface area contributed by atoms with Crippen LogP contribution in [0.3, 0.4) is 0 Å². The average Bonchev–Trinajstić information content (AvgIpc) is 2.44. The summed E-state index contributed by atoms with van der Waals surface area (Å²) in [7, 11) is 3.02. The van der Waals surface area contributed by atoms with Gasteiger partial charge in [-0.1, -0.05) is 0 Å². The van der Waals surface area contributed by atoms with E-state index in [-0.39, 0.29) is 22.8 Å². The summed E-state index contributed by atoms with van der Waals surface area (Å²) in [5, 5.41) is 12.5. The number of nitrogens with one attached hydrogen (secondary N) is 1. The quantitative estimate of drug-likeness (QED) is 0.640. The molecular weight excluding hydrogens is 264 g/mol. The topological polar surface area (TPSA) is 126 Å². The van der Waals surface area contributed by atoms with Crippen LogP contribution in [0.2, 0.25) is 0 Å². The van der Waals surface area contributed by atoms with Crippen molar-refractivity contribution < 1.29 is 9.90 Å². The minimum atomic E-state index is -0.773. The number of aromatic hydroxyl groups is 1. The first-order valence-electron chi connectivity index (χ1n) is 5.60. The average molecular weight is 276 g/mol. The third kappa shape index (κ3) is 1.96. The number of carbonyl (C=O) groups is 1. The first kappa shape index (κ1) is 13.5. The van der Waals surface area contributed by atoms with Crippen molar-refractivity contribution in [3.63, 3.8) is 0 Å². The molecule has 0 bridgehead atoms. The largest absolute Gasteiger partial charge is 0.504 e. The third-order valence-electron chi connectivity index (χ3n) is 2.74. The van der Waals surface area contributed by atoms with Gasteiger partial charge in [0.1, 0.15) is 11.4 Å². The van der Waals surface area contributed by atoms with Crippen molar-refractivity contribution in [2.75, 3.05) is 25.1 Å². The Morgan fingerprint density at radius 3 is 2.55 bits per heavy atom. The second kappa shape index (κ2) is 4.65. The lowest BCUT2D eigenvalue weighted by Crippen LogP contribution is -2.36. The van der Waals surface area contributed by atoms with E-state index in [1.54, 1.807) is 0 Å². The van der Waals surface area contributed by atoms with Crippen molar-refractivity contribution in [2.45, 2.75) is 0 Å². The van der Waals surface area contributed by atoms with E-state index in [4.69, 9.17) is 5.73 Å². The zero-order chi connectivity index (χ0) is 15.0. The van der Waals surface area contributed by atoms with E-state index in [0.29, 0.717) is 0 Å². The molecule has 0 aliphatic heterocycles. The number of nitrogen functional groups attached to an aromatic ring is 1. The van der Waals surface area contributed by atoms with Gasteiger partial charge < -0.3 is 21.1 Å². The van der Waals surface area contributed by atoms with Crippen molar-refractivity contribution in [3.05, 3.63) is 38.4 Å². The summed E-state index contributed by atoms with van der Waals surface area (Å²) in [5.74, 6) is -0.914. The number of rotatable bonds is 3. The molecule has 0 saturated carbocycles. The van der Waals surface area contributed by atoms with Crippen LogP contribution in [0.15, 0.2) is 21.9 Å². The Kier molecular flexibility index (Phi) is 3.15. The monoisotopic (exact) mass is 276 g/mol. The smallest absolute Gasteiger partial charge is 0.275 e. The Labute approximate surface area is 113 Å². The summed E-state index contributed by atoms with van der Waals surface area (Å²) >= 11 is 0. The van der Waals surface area contributed by atoms with Gasteiger partial charge in [-0.3, -0.25) is 14.4 Å². The van der Waals surface area contributed by atoms with Crippen molar-refractivity contribution in [1.29, 1.82) is 0 Å². The minimum absolute atomic E-state index is 0.0731. The highest BCUT2D eigenvalue weighted by Gasteiger charge is 2.22. The van der Waals surface area contributed by atoms with E-state index in [1.165, 1.54) is 31.3 Å². The lowest BCUT2D eigenvalue weighted by Gasteiger charge is -2.14. The summed E-state index contributed by atoms with van der Waals surface area (Å²) in [6.07, 6.45) is 1.29. The third-order valence-corrected chi connectivity index (χ3v) is 2.74. The Balaban J connectivity index is 2.40. The zero-order valence-electron chi connectivity index (χ0n) is 10.8. The van der Waals surface area contributed by atoms with Crippen molar-refractivity contribution in [2.24, 2.45) is 0 Å². The van der Waals surface area contributed by atoms with Crippen LogP contribution in [0.1, 0.15) is 10.5 Å². The van der Waals surface area contributed by atoms with Gasteiger partial charge in [0, 0.05) is 20.3 Å². The standard InChI is InChI=1S/C12H12N4O4/c1-16(2)12(20)8-9(17)5(3-4-14-8)15-7-6(13)10(18)11(7)19/h3-4,17H,13H2,1-2H3,(H,14,15). The predicted molar refractivity (Wildman–Crippen MR) is 73.0 cm³/mol. The molecule has 8 nitrogen and oxygen atoms in total. The molecule has 1 amide bonds. The Morgan fingerprint density at radius 1 is 1.35 bits per heavy atom. The van der Waals surface area contributed by atoms with Gasteiger partial charge in [0.25, 0.3) is 16.8 Å². The molecule has 0 unspecified atom stereocenters.